The molecule has 5 nitrogen and oxygen atoms in total. The van der Waals surface area contributed by atoms with E-state index in [1.807, 2.05) is 54.6 Å². The van der Waals surface area contributed by atoms with E-state index < -0.39 is 11.6 Å². The minimum Gasteiger partial charge on any atom is -0.497 e. The predicted molar refractivity (Wildman–Crippen MR) is 133 cm³/mol. The summed E-state index contributed by atoms with van der Waals surface area (Å²) < 4.78 is 33.1. The van der Waals surface area contributed by atoms with Gasteiger partial charge in [-0.25, -0.2) is 13.8 Å². The summed E-state index contributed by atoms with van der Waals surface area (Å²) in [4.78, 5) is 20.4. The SMILES string of the molecule is COc1ccc(/C=C/C(=O)NCc2cc3c([nH]c4ccccc43)c(-c3cc(F)cc(F)c3)n2)cc1. The van der Waals surface area contributed by atoms with E-state index >= 15 is 0 Å². The summed E-state index contributed by atoms with van der Waals surface area (Å²) in [6.45, 7) is 0.145. The van der Waals surface area contributed by atoms with Gasteiger partial charge in [0.25, 0.3) is 0 Å². The third-order valence-corrected chi connectivity index (χ3v) is 5.67. The first-order chi connectivity index (χ1) is 17.0. The molecule has 2 N–H and O–H groups in total. The number of benzene rings is 3. The maximum Gasteiger partial charge on any atom is 0.244 e. The number of methoxy groups -OCH3 is 1. The number of carbonyl (C=O) groups is 1. The van der Waals surface area contributed by atoms with Gasteiger partial charge in [0, 0.05) is 34.0 Å². The van der Waals surface area contributed by atoms with Crippen molar-refractivity contribution in [2.75, 3.05) is 7.11 Å². The maximum absolute atomic E-state index is 14.0. The number of aromatic nitrogens is 2. The normalized spacial score (nSPS) is 11.4. The van der Waals surface area contributed by atoms with E-state index in [9.17, 15) is 13.6 Å². The van der Waals surface area contributed by atoms with Crippen molar-refractivity contribution in [3.8, 4) is 17.0 Å². The van der Waals surface area contributed by atoms with Crippen LogP contribution in [0.5, 0.6) is 5.75 Å². The molecule has 1 amide bonds. The highest BCUT2D eigenvalue weighted by Gasteiger charge is 2.15. The number of nitrogens with one attached hydrogen (secondary N) is 2. The van der Waals surface area contributed by atoms with Gasteiger partial charge in [0.2, 0.25) is 5.91 Å². The quantitative estimate of drug-likeness (QED) is 0.300. The number of halogens is 2. The van der Waals surface area contributed by atoms with Gasteiger partial charge >= 0.3 is 0 Å². The lowest BCUT2D eigenvalue weighted by Crippen LogP contribution is -2.21. The molecule has 0 unspecified atom stereocenters. The van der Waals surface area contributed by atoms with E-state index in [1.54, 1.807) is 13.2 Å². The summed E-state index contributed by atoms with van der Waals surface area (Å²) >= 11 is 0. The molecule has 35 heavy (non-hydrogen) atoms. The first-order valence-electron chi connectivity index (χ1n) is 11.0. The highest BCUT2D eigenvalue weighted by molar-refractivity contribution is 6.11. The molecule has 0 saturated heterocycles. The number of aromatic amines is 1. The molecule has 0 radical (unpaired) electrons. The van der Waals surface area contributed by atoms with Crippen LogP contribution in [0, 0.1) is 11.6 Å². The van der Waals surface area contributed by atoms with Crippen molar-refractivity contribution in [3.63, 3.8) is 0 Å². The van der Waals surface area contributed by atoms with Gasteiger partial charge in [-0.05, 0) is 48.0 Å². The number of fused-ring (bicyclic) bond motifs is 3. The van der Waals surface area contributed by atoms with Gasteiger partial charge in [-0.2, -0.15) is 0 Å². The summed E-state index contributed by atoms with van der Waals surface area (Å²) in [5.74, 6) is -0.929. The van der Waals surface area contributed by atoms with Gasteiger partial charge in [-0.3, -0.25) is 4.79 Å². The van der Waals surface area contributed by atoms with E-state index in [4.69, 9.17) is 4.74 Å². The Labute approximate surface area is 200 Å². The number of amides is 1. The van der Waals surface area contributed by atoms with Crippen LogP contribution in [0.1, 0.15) is 11.3 Å². The van der Waals surface area contributed by atoms with E-state index in [1.165, 1.54) is 18.2 Å². The second-order valence-corrected chi connectivity index (χ2v) is 8.04. The van der Waals surface area contributed by atoms with Crippen molar-refractivity contribution in [1.82, 2.24) is 15.3 Å². The van der Waals surface area contributed by atoms with Crippen LogP contribution in [0.3, 0.4) is 0 Å². The van der Waals surface area contributed by atoms with Crippen LogP contribution in [0.15, 0.2) is 78.9 Å². The fraction of sp³-hybridized carbons (Fsp3) is 0.0714. The Bertz CT molecular complexity index is 1550. The van der Waals surface area contributed by atoms with E-state index in [2.05, 4.69) is 15.3 Å². The summed E-state index contributed by atoms with van der Waals surface area (Å²) in [6.07, 6.45) is 3.14. The molecule has 0 aliphatic carbocycles. The smallest absolute Gasteiger partial charge is 0.244 e. The fourth-order valence-corrected chi connectivity index (χ4v) is 4.01. The molecule has 0 atom stereocenters. The molecule has 5 aromatic rings. The zero-order valence-corrected chi connectivity index (χ0v) is 18.8. The Morgan fingerprint density at radius 3 is 2.49 bits per heavy atom. The Morgan fingerprint density at radius 2 is 1.74 bits per heavy atom. The Morgan fingerprint density at radius 1 is 1.00 bits per heavy atom. The zero-order chi connectivity index (χ0) is 24.4. The number of hydrogen-bond donors (Lipinski definition) is 2. The van der Waals surface area contributed by atoms with Crippen LogP contribution < -0.4 is 10.1 Å². The van der Waals surface area contributed by atoms with Crippen LogP contribution >= 0.6 is 0 Å². The second-order valence-electron chi connectivity index (χ2n) is 8.04. The lowest BCUT2D eigenvalue weighted by molar-refractivity contribution is -0.116. The molecule has 0 fully saturated rings. The summed E-state index contributed by atoms with van der Waals surface area (Å²) in [6, 6.07) is 20.2. The van der Waals surface area contributed by atoms with Crippen molar-refractivity contribution in [2.24, 2.45) is 0 Å². The molecule has 2 heterocycles. The highest BCUT2D eigenvalue weighted by atomic mass is 19.1. The molecule has 2 aromatic heterocycles. The van der Waals surface area contributed by atoms with Crippen LogP contribution in [0.25, 0.3) is 39.1 Å². The van der Waals surface area contributed by atoms with Gasteiger partial charge in [0.15, 0.2) is 0 Å². The minimum atomic E-state index is -0.687. The lowest BCUT2D eigenvalue weighted by atomic mass is 10.1. The average molecular weight is 469 g/mol. The number of rotatable bonds is 6. The largest absolute Gasteiger partial charge is 0.497 e. The average Bonchev–Trinajstić information content (AvgIpc) is 3.24. The Hall–Kier alpha value is -4.52. The molecular weight excluding hydrogens is 448 g/mol. The molecule has 0 saturated carbocycles. The summed E-state index contributed by atoms with van der Waals surface area (Å²) in [5.41, 5.74) is 3.70. The number of nitrogens with zero attached hydrogens (tertiary/aromatic N) is 1. The van der Waals surface area contributed by atoms with Crippen LogP contribution in [0.2, 0.25) is 0 Å². The first kappa shape index (κ1) is 22.3. The molecule has 5 rings (SSSR count). The van der Waals surface area contributed by atoms with Crippen molar-refractivity contribution >= 4 is 33.8 Å². The minimum absolute atomic E-state index is 0.145. The number of H-pyrrole nitrogens is 1. The third-order valence-electron chi connectivity index (χ3n) is 5.67. The van der Waals surface area contributed by atoms with Crippen LogP contribution in [-0.4, -0.2) is 23.0 Å². The number of para-hydroxylation sites is 1. The molecule has 0 spiro atoms. The Kier molecular flexibility index (Phi) is 5.97. The van der Waals surface area contributed by atoms with E-state index in [0.717, 1.165) is 33.7 Å². The zero-order valence-electron chi connectivity index (χ0n) is 18.8. The van der Waals surface area contributed by atoms with Gasteiger partial charge in [0.05, 0.1) is 30.6 Å². The monoisotopic (exact) mass is 469 g/mol. The number of ether oxygens (including phenoxy) is 1. The first-order valence-corrected chi connectivity index (χ1v) is 11.0. The van der Waals surface area contributed by atoms with Gasteiger partial charge < -0.3 is 15.0 Å². The topological polar surface area (TPSA) is 67.0 Å². The van der Waals surface area contributed by atoms with Crippen molar-refractivity contribution in [3.05, 3.63) is 102 Å². The van der Waals surface area contributed by atoms with Gasteiger partial charge in [-0.15, -0.1) is 0 Å². The number of pyridine rings is 1. The molecular formula is C28H21F2N3O2. The van der Waals surface area contributed by atoms with Crippen LogP contribution in [-0.2, 0) is 11.3 Å². The van der Waals surface area contributed by atoms with E-state index in [0.29, 0.717) is 22.5 Å². The van der Waals surface area contributed by atoms with Crippen molar-refractivity contribution < 1.29 is 18.3 Å². The molecule has 0 bridgehead atoms. The van der Waals surface area contributed by atoms with E-state index in [-0.39, 0.29) is 12.5 Å². The van der Waals surface area contributed by atoms with Crippen molar-refractivity contribution in [2.45, 2.75) is 6.54 Å². The second kappa shape index (κ2) is 9.38. The summed E-state index contributed by atoms with van der Waals surface area (Å²) in [7, 11) is 1.59. The lowest BCUT2D eigenvalue weighted by Gasteiger charge is -2.09. The van der Waals surface area contributed by atoms with Gasteiger partial charge in [-0.1, -0.05) is 30.3 Å². The highest BCUT2D eigenvalue weighted by Crippen LogP contribution is 2.33. The number of hydrogen-bond acceptors (Lipinski definition) is 3. The molecule has 0 aliphatic heterocycles. The molecule has 3 aromatic carbocycles. The molecule has 0 aliphatic rings. The van der Waals surface area contributed by atoms with Gasteiger partial charge in [0.1, 0.15) is 17.4 Å². The molecule has 7 heteroatoms. The van der Waals surface area contributed by atoms with Crippen molar-refractivity contribution in [1.29, 1.82) is 0 Å². The molecule has 174 valence electrons. The predicted octanol–water partition coefficient (Wildman–Crippen LogP) is 6.00. The van der Waals surface area contributed by atoms with Crippen LogP contribution in [0.4, 0.5) is 8.78 Å². The Balaban J connectivity index is 1.46. The standard InChI is InChI=1S/C28H21F2N3O2/c1-35-22-9-6-17(7-10-22)8-11-26(34)31-16-21-15-24-23-4-2-3-5-25(23)33-28(24)27(32-21)18-12-19(29)14-20(30)13-18/h2-15,33H,16H2,1H3,(H,31,34)/b11-8+. The third kappa shape index (κ3) is 4.75. The summed E-state index contributed by atoms with van der Waals surface area (Å²) in [5, 5.41) is 4.64. The fourth-order valence-electron chi connectivity index (χ4n) is 4.01. The number of carbonyl (C=O) groups excluding carboxylic acids is 1. The maximum atomic E-state index is 14.0.